The molecular formula is C120H246. The fourth-order valence-electron chi connectivity index (χ4n) is 26.1. The molecule has 7 fully saturated rings. The topological polar surface area (TPSA) is 0 Å². The van der Waals surface area contributed by atoms with Gasteiger partial charge in [-0.1, -0.05) is 432 Å². The molecular weight excluding hydrogens is 1440 g/mol. The third kappa shape index (κ3) is 42.0. The lowest BCUT2D eigenvalue weighted by atomic mass is 9.56. The maximum atomic E-state index is 4.18. The van der Waals surface area contributed by atoms with Crippen molar-refractivity contribution in [3.8, 4) is 0 Å². The number of hydrogen-bond donors (Lipinski definition) is 0. The standard InChI is InChI=1S/C17H34.C17H32.C16H32.C16H30.C16H32.C16H30.C15H28.7CH4/c2*1-12(2)13-9-10-14(16(3,4)5)15(11-13)17(6,7)8;2*1-15(2,3)13-11-9-7-8-10-12-14(13)16(4,5)6;2*1-8-12-9-10-13(15(2,3)4)14(11-12)16(5,6)7;1-14(2,3)12-10-7-8-11(9-10)13(12)15(4,5)6;;;;;;;/h12-15H,9-11H2,1-8H3;13-15H,1,9-11H2,2-8H3;13-14H,7-12H2,1-6H3;7-8,13-14H,9-12H2,1-6H3;12-14H,8-11H2,1-7H3;8,12-14H,1,9-11H2,2-7H3;10-13H,7-9H2,1-6H3;7*1H4. The first-order valence-corrected chi connectivity index (χ1v) is 49.5. The van der Waals surface area contributed by atoms with Crippen molar-refractivity contribution in [2.75, 3.05) is 0 Å². The van der Waals surface area contributed by atoms with Gasteiger partial charge < -0.3 is 0 Å². The van der Waals surface area contributed by atoms with Crippen molar-refractivity contribution in [3.63, 3.8) is 0 Å². The predicted molar refractivity (Wildman–Crippen MR) is 564 cm³/mol. The highest BCUT2D eigenvalue weighted by Gasteiger charge is 2.56. The fraction of sp³-hybridized carbons (Fsp3) is 0.950. The van der Waals surface area contributed by atoms with Crippen LogP contribution in [-0.4, -0.2) is 0 Å². The molecule has 0 radical (unpaired) electrons. The molecule has 0 nitrogen and oxygen atoms in total. The van der Waals surface area contributed by atoms with Crippen LogP contribution in [0.15, 0.2) is 37.0 Å². The molecule has 0 aromatic rings. The van der Waals surface area contributed by atoms with Crippen LogP contribution >= 0.6 is 0 Å². The first-order chi connectivity index (χ1) is 50.5. The molecule has 0 aromatic heterocycles. The minimum Gasteiger partial charge on any atom is -0.103 e. The van der Waals surface area contributed by atoms with Crippen LogP contribution in [0.5, 0.6) is 0 Å². The molecule has 120 heavy (non-hydrogen) atoms. The average molecular weight is 1690 g/mol. The summed E-state index contributed by atoms with van der Waals surface area (Å²) in [7, 11) is 0. The Hall–Kier alpha value is -0.780. The molecule has 0 heterocycles. The van der Waals surface area contributed by atoms with Gasteiger partial charge in [0.2, 0.25) is 0 Å². The highest BCUT2D eigenvalue weighted by atomic mass is 14.6. The summed E-state index contributed by atoms with van der Waals surface area (Å²) in [6.45, 7) is 120. The summed E-state index contributed by atoms with van der Waals surface area (Å²) in [5, 5.41) is 0. The van der Waals surface area contributed by atoms with Crippen LogP contribution in [0.1, 0.15) is 537 Å². The second-order valence-corrected chi connectivity index (χ2v) is 56.5. The third-order valence-electron chi connectivity index (χ3n) is 32.6. The van der Waals surface area contributed by atoms with E-state index in [1.165, 1.54) is 173 Å². The Morgan fingerprint density at radius 1 is 0.283 bits per heavy atom. The first kappa shape index (κ1) is 130. The SMILES string of the molecule is C.C.C.C.C.C.C.C=C(C)C1CCC(C(C)(C)C)C(C(C)(C)C)C1.C=CC1CCC(C(C)(C)C)C(C(C)(C)C)C1.CC(C)(C)C1C2CCC(C2)C1C(C)(C)C.CC(C)(C)C1CCC=CCCC1C(C)(C)C.CC(C)(C)C1CCCCCCC1C(C)(C)C.CC(C)C1CCC(C(C)(C)C)C(C(C)(C)C)C1.CCC1CCC(C(C)(C)C)C(C(C)(C)C)C1. The van der Waals surface area contributed by atoms with Gasteiger partial charge >= 0.3 is 0 Å². The number of hydrogen-bond acceptors (Lipinski definition) is 0. The zero-order valence-electron chi connectivity index (χ0n) is 87.2. The maximum absolute atomic E-state index is 4.18. The molecule has 8 aliphatic carbocycles. The van der Waals surface area contributed by atoms with E-state index in [0.29, 0.717) is 75.8 Å². The molecule has 8 aliphatic rings. The molecule has 0 amide bonds. The minimum absolute atomic E-state index is 0. The summed E-state index contributed by atoms with van der Waals surface area (Å²) in [5.74, 6) is 18.9. The highest BCUT2D eigenvalue weighted by molar-refractivity contribution is 5.06. The largest absolute Gasteiger partial charge is 0.103 e. The van der Waals surface area contributed by atoms with Gasteiger partial charge in [-0.3, -0.25) is 0 Å². The Labute approximate surface area is 769 Å². The molecule has 0 aliphatic heterocycles. The molecule has 0 saturated heterocycles. The van der Waals surface area contributed by atoms with E-state index in [1.54, 1.807) is 0 Å². The average Bonchev–Trinajstić information content (AvgIpc) is 1.58. The molecule has 726 valence electrons. The van der Waals surface area contributed by atoms with Gasteiger partial charge in [0.25, 0.3) is 0 Å². The molecule has 0 aromatic carbocycles. The molecule has 8 rings (SSSR count). The molecule has 0 spiro atoms. The third-order valence-corrected chi connectivity index (χ3v) is 32.6. The molecule has 7 saturated carbocycles. The van der Waals surface area contributed by atoms with Gasteiger partial charge in [0.15, 0.2) is 0 Å². The molecule has 2 bridgehead atoms. The molecule has 0 heteroatoms. The molecule has 20 atom stereocenters. The highest BCUT2D eigenvalue weighted by Crippen LogP contribution is 2.63. The van der Waals surface area contributed by atoms with Crippen molar-refractivity contribution in [3.05, 3.63) is 37.0 Å². The van der Waals surface area contributed by atoms with Crippen LogP contribution in [-0.2, 0) is 0 Å². The van der Waals surface area contributed by atoms with E-state index in [1.807, 2.05) is 0 Å². The lowest BCUT2D eigenvalue weighted by Crippen LogP contribution is -2.41. The summed E-state index contributed by atoms with van der Waals surface area (Å²) in [6, 6.07) is 0. The van der Waals surface area contributed by atoms with Gasteiger partial charge in [0, 0.05) is 0 Å². The number of allylic oxidation sites excluding steroid dienone is 4. The monoisotopic (exact) mass is 1690 g/mol. The number of rotatable bonds is 4. The van der Waals surface area contributed by atoms with Crippen LogP contribution < -0.4 is 0 Å². The zero-order chi connectivity index (χ0) is 88.2. The van der Waals surface area contributed by atoms with Crippen molar-refractivity contribution < 1.29 is 0 Å². The summed E-state index contributed by atoms with van der Waals surface area (Å²) in [5.41, 5.74) is 7.92. The Balaban J connectivity index is -0.000000313. The summed E-state index contributed by atoms with van der Waals surface area (Å²) >= 11 is 0. The van der Waals surface area contributed by atoms with Gasteiger partial charge in [-0.05, 0) is 335 Å². The van der Waals surface area contributed by atoms with Crippen molar-refractivity contribution in [2.24, 2.45) is 200 Å². The smallest absolute Gasteiger partial charge is 0.0206 e. The number of fused-ring (bicyclic) bond motifs is 2. The quantitative estimate of drug-likeness (QED) is 0.246. The van der Waals surface area contributed by atoms with E-state index in [4.69, 9.17) is 0 Å². The Kier molecular flexibility index (Phi) is 55.4. The molecule has 0 N–H and O–H groups in total. The predicted octanol–water partition coefficient (Wildman–Crippen LogP) is 42.6. The Morgan fingerprint density at radius 3 is 0.817 bits per heavy atom. The molecule has 20 unspecified atom stereocenters. The van der Waals surface area contributed by atoms with Crippen LogP contribution in [0.4, 0.5) is 0 Å². The lowest BCUT2D eigenvalue weighted by molar-refractivity contribution is 0.00199. The first-order valence-electron chi connectivity index (χ1n) is 49.5. The van der Waals surface area contributed by atoms with Crippen LogP contribution in [0.25, 0.3) is 0 Å². The van der Waals surface area contributed by atoms with Gasteiger partial charge in [0.05, 0.1) is 0 Å². The van der Waals surface area contributed by atoms with Crippen molar-refractivity contribution >= 4 is 0 Å². The van der Waals surface area contributed by atoms with Gasteiger partial charge in [-0.25, -0.2) is 0 Å². The van der Waals surface area contributed by atoms with E-state index < -0.39 is 0 Å². The van der Waals surface area contributed by atoms with E-state index in [0.717, 1.165) is 124 Å². The summed E-state index contributed by atoms with van der Waals surface area (Å²) < 4.78 is 0. The van der Waals surface area contributed by atoms with E-state index in [2.05, 4.69) is 350 Å². The zero-order valence-corrected chi connectivity index (χ0v) is 87.2. The Morgan fingerprint density at radius 2 is 0.542 bits per heavy atom. The van der Waals surface area contributed by atoms with Crippen molar-refractivity contribution in [2.45, 2.75) is 537 Å². The van der Waals surface area contributed by atoms with Crippen molar-refractivity contribution in [1.29, 1.82) is 0 Å². The van der Waals surface area contributed by atoms with Crippen LogP contribution in [0.2, 0.25) is 0 Å². The summed E-state index contributed by atoms with van der Waals surface area (Å²) in [4.78, 5) is 0. The van der Waals surface area contributed by atoms with Gasteiger partial charge in [-0.15, -0.1) is 6.58 Å². The normalized spacial score (nSPS) is 30.6. The lowest BCUT2D eigenvalue weighted by Gasteiger charge is -2.49. The maximum Gasteiger partial charge on any atom is -0.0206 e. The second-order valence-electron chi connectivity index (χ2n) is 56.5. The van der Waals surface area contributed by atoms with E-state index >= 15 is 0 Å². The van der Waals surface area contributed by atoms with Gasteiger partial charge in [-0.2, -0.15) is 0 Å². The van der Waals surface area contributed by atoms with Crippen LogP contribution in [0.3, 0.4) is 0 Å². The van der Waals surface area contributed by atoms with E-state index in [-0.39, 0.29) is 52.0 Å². The fourth-order valence-corrected chi connectivity index (χ4v) is 26.1. The van der Waals surface area contributed by atoms with E-state index in [9.17, 15) is 0 Å². The summed E-state index contributed by atoms with van der Waals surface area (Å²) in [6.07, 6.45) is 43.7. The Bertz CT molecular complexity index is 2570. The minimum atomic E-state index is 0. The second kappa shape index (κ2) is 51.1. The van der Waals surface area contributed by atoms with Crippen LogP contribution in [0, 0.1) is 200 Å². The van der Waals surface area contributed by atoms with Crippen molar-refractivity contribution in [1.82, 2.24) is 0 Å². The van der Waals surface area contributed by atoms with Gasteiger partial charge in [0.1, 0.15) is 0 Å².